The number of hydrogen-bond acceptors (Lipinski definition) is 4. The van der Waals surface area contributed by atoms with Crippen LogP contribution in [-0.2, 0) is 20.9 Å². The Morgan fingerprint density at radius 3 is 2.14 bits per heavy atom. The lowest BCUT2D eigenvalue weighted by Gasteiger charge is -2.20. The molecule has 0 saturated carbocycles. The Bertz CT molecular complexity index is 1210. The van der Waals surface area contributed by atoms with Gasteiger partial charge in [0.2, 0.25) is 0 Å². The Morgan fingerprint density at radius 1 is 0.889 bits per heavy atom. The van der Waals surface area contributed by atoms with Crippen LogP contribution in [0.4, 0.5) is 4.39 Å². The van der Waals surface area contributed by atoms with E-state index in [0.29, 0.717) is 12.0 Å². The second-order valence-electron chi connectivity index (χ2n) is 8.65. The number of hydrogen-bond donors (Lipinski definition) is 2. The number of rotatable bonds is 10. The summed E-state index contributed by atoms with van der Waals surface area (Å²) in [5, 5.41) is 5.22. The molecule has 0 radical (unpaired) electrons. The molecule has 0 aliphatic rings. The zero-order valence-corrected chi connectivity index (χ0v) is 20.2. The SMILES string of the molecule is CC(C)CC(NC(=O)/C(=C\c1ccccc1F)NC(=O)c1ccccc1)C(=O)OCc1ccccc1. The average Bonchev–Trinajstić information content (AvgIpc) is 2.88. The van der Waals surface area contributed by atoms with Crippen LogP contribution in [0, 0.1) is 11.7 Å². The van der Waals surface area contributed by atoms with Crippen molar-refractivity contribution in [1.82, 2.24) is 10.6 Å². The van der Waals surface area contributed by atoms with Gasteiger partial charge in [0, 0.05) is 11.1 Å². The van der Waals surface area contributed by atoms with Gasteiger partial charge in [-0.1, -0.05) is 80.6 Å². The van der Waals surface area contributed by atoms with Gasteiger partial charge in [0.05, 0.1) is 0 Å². The van der Waals surface area contributed by atoms with Crippen molar-refractivity contribution in [2.24, 2.45) is 5.92 Å². The van der Waals surface area contributed by atoms with E-state index in [-0.39, 0.29) is 23.8 Å². The van der Waals surface area contributed by atoms with Gasteiger partial charge < -0.3 is 15.4 Å². The smallest absolute Gasteiger partial charge is 0.328 e. The highest BCUT2D eigenvalue weighted by Gasteiger charge is 2.26. The first-order valence-electron chi connectivity index (χ1n) is 11.7. The molecule has 0 bridgehead atoms. The first kappa shape index (κ1) is 26.3. The summed E-state index contributed by atoms with van der Waals surface area (Å²) in [4.78, 5) is 38.9. The molecule has 7 heteroatoms. The molecule has 3 aromatic carbocycles. The van der Waals surface area contributed by atoms with Crippen molar-refractivity contribution in [1.29, 1.82) is 0 Å². The van der Waals surface area contributed by atoms with Crippen molar-refractivity contribution >= 4 is 23.9 Å². The number of carbonyl (C=O) groups excluding carboxylic acids is 3. The number of benzene rings is 3. The number of carbonyl (C=O) groups is 3. The van der Waals surface area contributed by atoms with Crippen LogP contribution in [0.1, 0.15) is 41.8 Å². The fraction of sp³-hybridized carbons (Fsp3) is 0.207. The van der Waals surface area contributed by atoms with Gasteiger partial charge in [0.1, 0.15) is 24.2 Å². The number of ether oxygens (including phenoxy) is 1. The van der Waals surface area contributed by atoms with E-state index >= 15 is 0 Å². The molecule has 0 heterocycles. The number of amides is 2. The highest BCUT2D eigenvalue weighted by atomic mass is 19.1. The molecule has 2 N–H and O–H groups in total. The van der Waals surface area contributed by atoms with E-state index in [9.17, 15) is 18.8 Å². The molecule has 2 amide bonds. The first-order chi connectivity index (χ1) is 17.3. The molecule has 36 heavy (non-hydrogen) atoms. The first-order valence-corrected chi connectivity index (χ1v) is 11.7. The molecule has 0 saturated heterocycles. The molecule has 0 spiro atoms. The summed E-state index contributed by atoms with van der Waals surface area (Å²) >= 11 is 0. The third-order valence-corrected chi connectivity index (χ3v) is 5.25. The normalized spacial score (nSPS) is 12.1. The maximum absolute atomic E-state index is 14.3. The molecule has 3 rings (SSSR count). The molecule has 0 aliphatic carbocycles. The molecule has 1 unspecified atom stereocenters. The lowest BCUT2D eigenvalue weighted by molar-refractivity contribution is -0.149. The van der Waals surface area contributed by atoms with Gasteiger partial charge in [0.15, 0.2) is 0 Å². The van der Waals surface area contributed by atoms with E-state index in [1.807, 2.05) is 44.2 Å². The van der Waals surface area contributed by atoms with Crippen LogP contribution in [-0.4, -0.2) is 23.8 Å². The van der Waals surface area contributed by atoms with Crippen molar-refractivity contribution < 1.29 is 23.5 Å². The highest BCUT2D eigenvalue weighted by molar-refractivity contribution is 6.06. The largest absolute Gasteiger partial charge is 0.459 e. The highest BCUT2D eigenvalue weighted by Crippen LogP contribution is 2.14. The second kappa shape index (κ2) is 13.0. The summed E-state index contributed by atoms with van der Waals surface area (Å²) in [6, 6.07) is 22.5. The summed E-state index contributed by atoms with van der Waals surface area (Å²) in [5.41, 5.74) is 1.06. The van der Waals surface area contributed by atoms with Crippen LogP contribution in [0.25, 0.3) is 6.08 Å². The van der Waals surface area contributed by atoms with Gasteiger partial charge in [-0.2, -0.15) is 0 Å². The van der Waals surface area contributed by atoms with Crippen molar-refractivity contribution in [2.45, 2.75) is 32.9 Å². The standard InChI is InChI=1S/C29H29FN2O4/c1-20(2)17-26(29(35)36-19-21-11-5-3-6-12-21)32-28(34)25(18-23-15-9-10-16-24(23)30)31-27(33)22-13-7-4-8-14-22/h3-16,18,20,26H,17,19H2,1-2H3,(H,31,33)(H,32,34)/b25-18+. The third kappa shape index (κ3) is 7.91. The van der Waals surface area contributed by atoms with E-state index in [1.54, 1.807) is 36.4 Å². The van der Waals surface area contributed by atoms with E-state index < -0.39 is 29.6 Å². The lowest BCUT2D eigenvalue weighted by Crippen LogP contribution is -2.45. The van der Waals surface area contributed by atoms with Gasteiger partial charge in [-0.3, -0.25) is 9.59 Å². The van der Waals surface area contributed by atoms with Crippen molar-refractivity contribution in [3.05, 3.63) is 113 Å². The number of halogens is 1. The minimum Gasteiger partial charge on any atom is -0.459 e. The van der Waals surface area contributed by atoms with Crippen LogP contribution >= 0.6 is 0 Å². The quantitative estimate of drug-likeness (QED) is 0.315. The lowest BCUT2D eigenvalue weighted by atomic mass is 10.0. The van der Waals surface area contributed by atoms with Crippen LogP contribution in [0.2, 0.25) is 0 Å². The Kier molecular flexibility index (Phi) is 9.51. The van der Waals surface area contributed by atoms with Gasteiger partial charge in [-0.25, -0.2) is 9.18 Å². The van der Waals surface area contributed by atoms with Gasteiger partial charge >= 0.3 is 5.97 Å². The Balaban J connectivity index is 1.82. The Morgan fingerprint density at radius 2 is 1.50 bits per heavy atom. The third-order valence-electron chi connectivity index (χ3n) is 5.25. The molecular weight excluding hydrogens is 459 g/mol. The molecule has 0 aromatic heterocycles. The summed E-state index contributed by atoms with van der Waals surface area (Å²) < 4.78 is 19.8. The second-order valence-corrected chi connectivity index (χ2v) is 8.65. The zero-order valence-electron chi connectivity index (χ0n) is 20.2. The van der Waals surface area contributed by atoms with E-state index in [0.717, 1.165) is 5.56 Å². The molecular formula is C29H29FN2O4. The fourth-order valence-corrected chi connectivity index (χ4v) is 3.44. The number of nitrogens with one attached hydrogen (secondary N) is 2. The van der Waals surface area contributed by atoms with Crippen LogP contribution in [0.5, 0.6) is 0 Å². The summed E-state index contributed by atoms with van der Waals surface area (Å²) in [7, 11) is 0. The van der Waals surface area contributed by atoms with Crippen molar-refractivity contribution in [3.63, 3.8) is 0 Å². The van der Waals surface area contributed by atoms with Crippen LogP contribution in [0.3, 0.4) is 0 Å². The fourth-order valence-electron chi connectivity index (χ4n) is 3.44. The van der Waals surface area contributed by atoms with Crippen LogP contribution in [0.15, 0.2) is 90.6 Å². The zero-order chi connectivity index (χ0) is 25.9. The summed E-state index contributed by atoms with van der Waals surface area (Å²) in [5.74, 6) is -2.36. The van der Waals surface area contributed by atoms with Crippen molar-refractivity contribution in [2.75, 3.05) is 0 Å². The molecule has 1 atom stereocenters. The topological polar surface area (TPSA) is 84.5 Å². The average molecular weight is 489 g/mol. The number of esters is 1. The van der Waals surface area contributed by atoms with E-state index in [4.69, 9.17) is 4.74 Å². The summed E-state index contributed by atoms with van der Waals surface area (Å²) in [6.45, 7) is 3.89. The Hall–Kier alpha value is -4.26. The van der Waals surface area contributed by atoms with E-state index in [2.05, 4.69) is 10.6 Å². The minimum atomic E-state index is -0.959. The van der Waals surface area contributed by atoms with Gasteiger partial charge in [-0.15, -0.1) is 0 Å². The van der Waals surface area contributed by atoms with Gasteiger partial charge in [0.25, 0.3) is 11.8 Å². The molecule has 0 fully saturated rings. The Labute approximate surface area is 210 Å². The van der Waals surface area contributed by atoms with Gasteiger partial charge in [-0.05, 0) is 42.2 Å². The molecule has 3 aromatic rings. The molecule has 6 nitrogen and oxygen atoms in total. The molecule has 186 valence electrons. The molecule has 0 aliphatic heterocycles. The predicted octanol–water partition coefficient (Wildman–Crippen LogP) is 4.87. The maximum atomic E-state index is 14.3. The monoisotopic (exact) mass is 488 g/mol. The maximum Gasteiger partial charge on any atom is 0.328 e. The van der Waals surface area contributed by atoms with Crippen molar-refractivity contribution in [3.8, 4) is 0 Å². The van der Waals surface area contributed by atoms with Crippen LogP contribution < -0.4 is 10.6 Å². The predicted molar refractivity (Wildman–Crippen MR) is 136 cm³/mol. The van der Waals surface area contributed by atoms with E-state index in [1.165, 1.54) is 24.3 Å². The summed E-state index contributed by atoms with van der Waals surface area (Å²) in [6.07, 6.45) is 1.56. The minimum absolute atomic E-state index is 0.0623.